The van der Waals surface area contributed by atoms with Gasteiger partial charge in [0.05, 0.1) is 19.1 Å². The summed E-state index contributed by atoms with van der Waals surface area (Å²) in [5.41, 5.74) is 6.68. The highest BCUT2D eigenvalue weighted by atomic mass is 16.5. The number of ether oxygens (including phenoxy) is 1. The maximum atomic E-state index is 11.8. The second-order valence-corrected chi connectivity index (χ2v) is 4.19. The van der Waals surface area contributed by atoms with Gasteiger partial charge in [-0.05, 0) is 17.7 Å². The fraction of sp³-hybridized carbons (Fsp3) is 0.417. The molecule has 1 aliphatic heterocycles. The summed E-state index contributed by atoms with van der Waals surface area (Å²) in [4.78, 5) is 11.8. The number of aromatic hydroxyl groups is 1. The lowest BCUT2D eigenvalue weighted by molar-refractivity contribution is -0.125. The molecule has 1 aliphatic rings. The van der Waals surface area contributed by atoms with Gasteiger partial charge < -0.3 is 20.9 Å². The van der Waals surface area contributed by atoms with E-state index in [0.29, 0.717) is 19.8 Å². The lowest BCUT2D eigenvalue weighted by Gasteiger charge is -2.13. The van der Waals surface area contributed by atoms with Crippen molar-refractivity contribution in [2.24, 2.45) is 11.7 Å². The van der Waals surface area contributed by atoms with E-state index in [4.69, 9.17) is 15.6 Å². The van der Waals surface area contributed by atoms with Crippen molar-refractivity contribution in [3.63, 3.8) is 0 Å². The molecule has 2 unspecified atom stereocenters. The fourth-order valence-electron chi connectivity index (χ4n) is 1.78. The van der Waals surface area contributed by atoms with E-state index in [1.54, 1.807) is 24.3 Å². The minimum atomic E-state index is -0.257. The van der Waals surface area contributed by atoms with Gasteiger partial charge in [0.1, 0.15) is 5.75 Å². The monoisotopic (exact) mass is 236 g/mol. The van der Waals surface area contributed by atoms with Crippen molar-refractivity contribution < 1.29 is 14.6 Å². The Balaban J connectivity index is 1.85. The molecule has 0 spiro atoms. The average molecular weight is 236 g/mol. The zero-order chi connectivity index (χ0) is 12.3. The van der Waals surface area contributed by atoms with Gasteiger partial charge in [-0.2, -0.15) is 0 Å². The topological polar surface area (TPSA) is 84.6 Å². The van der Waals surface area contributed by atoms with Crippen molar-refractivity contribution in [3.8, 4) is 5.75 Å². The van der Waals surface area contributed by atoms with Crippen molar-refractivity contribution in [2.75, 3.05) is 13.2 Å². The van der Waals surface area contributed by atoms with E-state index < -0.39 is 0 Å². The lowest BCUT2D eigenvalue weighted by atomic mass is 10.0. The number of phenols is 1. The van der Waals surface area contributed by atoms with Gasteiger partial charge in [-0.3, -0.25) is 4.79 Å². The first kappa shape index (κ1) is 11.9. The summed E-state index contributed by atoms with van der Waals surface area (Å²) in [6.07, 6.45) is 0. The first-order valence-corrected chi connectivity index (χ1v) is 5.56. The average Bonchev–Trinajstić information content (AvgIpc) is 2.74. The van der Waals surface area contributed by atoms with Crippen LogP contribution in [0.1, 0.15) is 5.56 Å². The smallest absolute Gasteiger partial charge is 0.227 e. The molecule has 1 saturated heterocycles. The largest absolute Gasteiger partial charge is 0.508 e. The van der Waals surface area contributed by atoms with Crippen LogP contribution in [0, 0.1) is 5.92 Å². The molecule has 1 amide bonds. The van der Waals surface area contributed by atoms with Gasteiger partial charge in [0, 0.05) is 12.6 Å². The van der Waals surface area contributed by atoms with Crippen LogP contribution in [0.25, 0.3) is 0 Å². The van der Waals surface area contributed by atoms with Crippen LogP contribution in [0.15, 0.2) is 24.3 Å². The predicted octanol–water partition coefficient (Wildman–Crippen LogP) is -0.0179. The van der Waals surface area contributed by atoms with Crippen molar-refractivity contribution in [2.45, 2.75) is 12.6 Å². The van der Waals surface area contributed by atoms with Gasteiger partial charge in [0.25, 0.3) is 0 Å². The van der Waals surface area contributed by atoms with E-state index in [0.717, 1.165) is 5.56 Å². The number of hydrogen-bond donors (Lipinski definition) is 3. The molecule has 92 valence electrons. The molecule has 4 N–H and O–H groups in total. The molecule has 2 rings (SSSR count). The summed E-state index contributed by atoms with van der Waals surface area (Å²) in [6, 6.07) is 6.49. The molecule has 0 saturated carbocycles. The third kappa shape index (κ3) is 2.95. The number of hydrogen-bond acceptors (Lipinski definition) is 4. The Bertz CT molecular complexity index is 391. The summed E-state index contributed by atoms with van der Waals surface area (Å²) in [5, 5.41) is 11.9. The van der Waals surface area contributed by atoms with E-state index in [9.17, 15) is 4.79 Å². The molecular weight excluding hydrogens is 220 g/mol. The van der Waals surface area contributed by atoms with E-state index in [2.05, 4.69) is 5.32 Å². The van der Waals surface area contributed by atoms with Gasteiger partial charge in [0.15, 0.2) is 0 Å². The zero-order valence-electron chi connectivity index (χ0n) is 9.43. The standard InChI is InChI=1S/C12H16N2O3/c13-11-7-17-6-10(11)12(16)14-5-8-1-3-9(15)4-2-8/h1-4,10-11,15H,5-7,13H2,(H,14,16). The molecule has 1 heterocycles. The predicted molar refractivity (Wildman–Crippen MR) is 62.2 cm³/mol. The van der Waals surface area contributed by atoms with Gasteiger partial charge in [0.2, 0.25) is 5.91 Å². The summed E-state index contributed by atoms with van der Waals surface area (Å²) in [5.74, 6) is -0.124. The Kier molecular flexibility index (Phi) is 3.61. The normalized spacial score (nSPS) is 23.6. The number of nitrogens with two attached hydrogens (primary N) is 1. The van der Waals surface area contributed by atoms with Crippen LogP contribution >= 0.6 is 0 Å². The third-order valence-corrected chi connectivity index (χ3v) is 2.86. The highest BCUT2D eigenvalue weighted by Crippen LogP contribution is 2.13. The van der Waals surface area contributed by atoms with Gasteiger partial charge in [-0.1, -0.05) is 12.1 Å². The highest BCUT2D eigenvalue weighted by Gasteiger charge is 2.30. The lowest BCUT2D eigenvalue weighted by Crippen LogP contribution is -2.40. The molecule has 2 atom stereocenters. The molecule has 5 heteroatoms. The Morgan fingerprint density at radius 1 is 1.41 bits per heavy atom. The number of benzene rings is 1. The zero-order valence-corrected chi connectivity index (χ0v) is 9.43. The number of phenolic OH excluding ortho intramolecular Hbond substituents is 1. The number of carbonyl (C=O) groups is 1. The van der Waals surface area contributed by atoms with Crippen LogP contribution in [0.4, 0.5) is 0 Å². The van der Waals surface area contributed by atoms with E-state index in [1.165, 1.54) is 0 Å². The Morgan fingerprint density at radius 3 is 2.71 bits per heavy atom. The number of carbonyl (C=O) groups excluding carboxylic acids is 1. The van der Waals surface area contributed by atoms with Crippen LogP contribution < -0.4 is 11.1 Å². The third-order valence-electron chi connectivity index (χ3n) is 2.86. The first-order valence-electron chi connectivity index (χ1n) is 5.56. The van der Waals surface area contributed by atoms with E-state index in [1.807, 2.05) is 0 Å². The number of nitrogens with one attached hydrogen (secondary N) is 1. The number of amides is 1. The highest BCUT2D eigenvalue weighted by molar-refractivity contribution is 5.79. The molecule has 5 nitrogen and oxygen atoms in total. The maximum Gasteiger partial charge on any atom is 0.227 e. The van der Waals surface area contributed by atoms with Crippen LogP contribution in [0.3, 0.4) is 0 Å². The molecule has 1 fully saturated rings. The Morgan fingerprint density at radius 2 is 2.12 bits per heavy atom. The van der Waals surface area contributed by atoms with Crippen LogP contribution in [-0.4, -0.2) is 30.3 Å². The molecule has 0 aliphatic carbocycles. The Hall–Kier alpha value is -1.59. The van der Waals surface area contributed by atoms with E-state index >= 15 is 0 Å². The van der Waals surface area contributed by atoms with Crippen molar-refractivity contribution >= 4 is 5.91 Å². The van der Waals surface area contributed by atoms with E-state index in [-0.39, 0.29) is 23.6 Å². The SMILES string of the molecule is NC1COCC1C(=O)NCc1ccc(O)cc1. The van der Waals surface area contributed by atoms with Crippen LogP contribution in [-0.2, 0) is 16.1 Å². The summed E-state index contributed by atoms with van der Waals surface area (Å²) >= 11 is 0. The molecule has 0 radical (unpaired) electrons. The maximum absolute atomic E-state index is 11.8. The summed E-state index contributed by atoms with van der Waals surface area (Å²) in [6.45, 7) is 1.27. The van der Waals surface area contributed by atoms with Gasteiger partial charge in [-0.15, -0.1) is 0 Å². The summed E-state index contributed by atoms with van der Waals surface area (Å²) in [7, 11) is 0. The minimum absolute atomic E-state index is 0.0805. The quantitative estimate of drug-likeness (QED) is 0.688. The second-order valence-electron chi connectivity index (χ2n) is 4.19. The summed E-state index contributed by atoms with van der Waals surface area (Å²) < 4.78 is 5.14. The van der Waals surface area contributed by atoms with Crippen molar-refractivity contribution in [1.29, 1.82) is 0 Å². The molecule has 0 aromatic heterocycles. The van der Waals surface area contributed by atoms with Crippen molar-refractivity contribution in [3.05, 3.63) is 29.8 Å². The van der Waals surface area contributed by atoms with Crippen molar-refractivity contribution in [1.82, 2.24) is 5.32 Å². The molecule has 1 aromatic carbocycles. The van der Waals surface area contributed by atoms with Crippen LogP contribution in [0.2, 0.25) is 0 Å². The molecule has 17 heavy (non-hydrogen) atoms. The fourth-order valence-corrected chi connectivity index (χ4v) is 1.78. The minimum Gasteiger partial charge on any atom is -0.508 e. The number of rotatable bonds is 3. The van der Waals surface area contributed by atoms with Gasteiger partial charge in [-0.25, -0.2) is 0 Å². The molecule has 1 aromatic rings. The van der Waals surface area contributed by atoms with Crippen LogP contribution in [0.5, 0.6) is 5.75 Å². The van der Waals surface area contributed by atoms with Gasteiger partial charge >= 0.3 is 0 Å². The second kappa shape index (κ2) is 5.16. The molecule has 0 bridgehead atoms. The molecular formula is C12H16N2O3. The Labute approximate surface area is 99.6 Å². The first-order chi connectivity index (χ1) is 8.16.